The Morgan fingerprint density at radius 3 is 2.53 bits per heavy atom. The zero-order valence-electron chi connectivity index (χ0n) is 9.73. The van der Waals surface area contributed by atoms with Crippen LogP contribution in [0.4, 0.5) is 4.39 Å². The molecular formula is C13H17FO. The van der Waals surface area contributed by atoms with Crippen molar-refractivity contribution in [3.8, 4) is 0 Å². The maximum Gasteiger partial charge on any atom is 0.130 e. The summed E-state index contributed by atoms with van der Waals surface area (Å²) < 4.78 is 13.1. The Hall–Kier alpha value is -1.18. The number of hydrogen-bond acceptors (Lipinski definition) is 1. The highest BCUT2D eigenvalue weighted by molar-refractivity contribution is 5.77. The third-order valence-corrected chi connectivity index (χ3v) is 2.62. The summed E-state index contributed by atoms with van der Waals surface area (Å²) in [7, 11) is 0. The fourth-order valence-electron chi connectivity index (χ4n) is 2.04. The molecular weight excluding hydrogens is 191 g/mol. The summed E-state index contributed by atoms with van der Waals surface area (Å²) >= 11 is 0. The summed E-state index contributed by atoms with van der Waals surface area (Å²) in [5.41, 5.74) is 1.65. The minimum absolute atomic E-state index is 0.128. The lowest BCUT2D eigenvalue weighted by Crippen LogP contribution is -2.22. The molecule has 82 valence electrons. The zero-order valence-corrected chi connectivity index (χ0v) is 9.73. The normalized spacial score (nSPS) is 11.5. The van der Waals surface area contributed by atoms with Crippen LogP contribution in [0.5, 0.6) is 0 Å². The number of Topliss-reactive ketones (excluding diaryl/α,β-unsaturated/α-hetero) is 1. The molecule has 1 aromatic carbocycles. The molecule has 0 amide bonds. The Bertz CT molecular complexity index is 380. The van der Waals surface area contributed by atoms with Gasteiger partial charge in [-0.1, -0.05) is 19.9 Å². The van der Waals surface area contributed by atoms with E-state index >= 15 is 0 Å². The molecule has 0 fully saturated rings. The van der Waals surface area contributed by atoms with Crippen molar-refractivity contribution >= 4 is 5.78 Å². The molecule has 15 heavy (non-hydrogen) atoms. The van der Waals surface area contributed by atoms with E-state index in [1.807, 2.05) is 20.8 Å². The smallest absolute Gasteiger partial charge is 0.130 e. The molecule has 0 aliphatic carbocycles. The predicted molar refractivity (Wildman–Crippen MR) is 59.5 cm³/mol. The van der Waals surface area contributed by atoms with Crippen molar-refractivity contribution in [3.05, 3.63) is 35.1 Å². The van der Waals surface area contributed by atoms with Crippen LogP contribution in [-0.2, 0) is 10.2 Å². The second-order valence-corrected chi connectivity index (χ2v) is 4.72. The summed E-state index contributed by atoms with van der Waals surface area (Å²) in [4.78, 5) is 11.1. The second-order valence-electron chi connectivity index (χ2n) is 4.72. The molecule has 0 spiro atoms. The lowest BCUT2D eigenvalue weighted by atomic mass is 9.78. The summed E-state index contributed by atoms with van der Waals surface area (Å²) in [6, 6.07) is 4.73. The summed E-state index contributed by atoms with van der Waals surface area (Å²) in [5, 5.41) is 0. The molecule has 0 radical (unpaired) electrons. The Morgan fingerprint density at radius 2 is 2.00 bits per heavy atom. The monoisotopic (exact) mass is 208 g/mol. The van der Waals surface area contributed by atoms with Crippen LogP contribution in [0.2, 0.25) is 0 Å². The molecule has 0 aliphatic heterocycles. The van der Waals surface area contributed by atoms with Gasteiger partial charge in [0.05, 0.1) is 0 Å². The number of carbonyl (C=O) groups excluding carboxylic acids is 1. The third-order valence-electron chi connectivity index (χ3n) is 2.62. The average molecular weight is 208 g/mol. The molecule has 1 aromatic rings. The van der Waals surface area contributed by atoms with Crippen molar-refractivity contribution in [1.82, 2.24) is 0 Å². The van der Waals surface area contributed by atoms with E-state index in [4.69, 9.17) is 0 Å². The van der Waals surface area contributed by atoms with Crippen molar-refractivity contribution in [2.75, 3.05) is 0 Å². The molecule has 1 rings (SSSR count). The van der Waals surface area contributed by atoms with E-state index in [0.29, 0.717) is 6.42 Å². The lowest BCUT2D eigenvalue weighted by Gasteiger charge is -2.25. The average Bonchev–Trinajstić information content (AvgIpc) is 2.06. The van der Waals surface area contributed by atoms with Crippen LogP contribution in [0.15, 0.2) is 18.2 Å². The topological polar surface area (TPSA) is 17.1 Å². The predicted octanol–water partition coefficient (Wildman–Crippen LogP) is 3.39. The van der Waals surface area contributed by atoms with Crippen molar-refractivity contribution < 1.29 is 9.18 Å². The van der Waals surface area contributed by atoms with E-state index in [1.165, 1.54) is 12.1 Å². The molecule has 0 saturated heterocycles. The van der Waals surface area contributed by atoms with Crippen LogP contribution in [0.25, 0.3) is 0 Å². The molecule has 0 heterocycles. The first-order valence-electron chi connectivity index (χ1n) is 5.09. The van der Waals surface area contributed by atoms with Crippen molar-refractivity contribution in [2.45, 2.75) is 39.5 Å². The van der Waals surface area contributed by atoms with E-state index in [-0.39, 0.29) is 17.0 Å². The van der Waals surface area contributed by atoms with Crippen LogP contribution < -0.4 is 0 Å². The van der Waals surface area contributed by atoms with Gasteiger partial charge in [0.25, 0.3) is 0 Å². The van der Waals surface area contributed by atoms with Gasteiger partial charge in [0.1, 0.15) is 11.6 Å². The second kappa shape index (κ2) is 4.13. The van der Waals surface area contributed by atoms with Gasteiger partial charge in [-0.05, 0) is 42.5 Å². The number of aryl methyl sites for hydroxylation is 1. The number of benzene rings is 1. The van der Waals surface area contributed by atoms with Crippen LogP contribution >= 0.6 is 0 Å². The maximum atomic E-state index is 13.1. The maximum absolute atomic E-state index is 13.1. The van der Waals surface area contributed by atoms with E-state index in [0.717, 1.165) is 11.1 Å². The van der Waals surface area contributed by atoms with Gasteiger partial charge in [0.15, 0.2) is 0 Å². The van der Waals surface area contributed by atoms with E-state index in [1.54, 1.807) is 13.0 Å². The van der Waals surface area contributed by atoms with Crippen LogP contribution in [0.3, 0.4) is 0 Å². The molecule has 0 N–H and O–H groups in total. The van der Waals surface area contributed by atoms with E-state index < -0.39 is 0 Å². The standard InChI is InChI=1S/C13H17FO/c1-9-5-6-11(14)7-12(9)13(3,4)8-10(2)15/h5-7H,8H2,1-4H3. The summed E-state index contributed by atoms with van der Waals surface area (Å²) in [5.74, 6) is -0.115. The Kier molecular flexibility index (Phi) is 3.28. The van der Waals surface area contributed by atoms with Gasteiger partial charge in [-0.3, -0.25) is 4.79 Å². The minimum atomic E-state index is -0.294. The first kappa shape index (κ1) is 11.9. The SMILES string of the molecule is CC(=O)CC(C)(C)c1cc(F)ccc1C. The number of halogens is 1. The van der Waals surface area contributed by atoms with Crippen LogP contribution in [0.1, 0.15) is 38.3 Å². The quantitative estimate of drug-likeness (QED) is 0.744. The Morgan fingerprint density at radius 1 is 1.40 bits per heavy atom. The van der Waals surface area contributed by atoms with Gasteiger partial charge in [-0.15, -0.1) is 0 Å². The molecule has 1 nitrogen and oxygen atoms in total. The van der Waals surface area contributed by atoms with Crippen molar-refractivity contribution in [1.29, 1.82) is 0 Å². The summed E-state index contributed by atoms with van der Waals surface area (Å²) in [6.45, 7) is 7.44. The first-order chi connectivity index (χ1) is 6.83. The van der Waals surface area contributed by atoms with Gasteiger partial charge < -0.3 is 0 Å². The lowest BCUT2D eigenvalue weighted by molar-refractivity contribution is -0.118. The highest BCUT2D eigenvalue weighted by atomic mass is 19.1. The fraction of sp³-hybridized carbons (Fsp3) is 0.462. The van der Waals surface area contributed by atoms with E-state index in [2.05, 4.69) is 0 Å². The third kappa shape index (κ3) is 2.88. The van der Waals surface area contributed by atoms with Gasteiger partial charge in [0, 0.05) is 6.42 Å². The zero-order chi connectivity index (χ0) is 11.6. The largest absolute Gasteiger partial charge is 0.300 e. The number of rotatable bonds is 3. The van der Waals surface area contributed by atoms with E-state index in [9.17, 15) is 9.18 Å². The highest BCUT2D eigenvalue weighted by Gasteiger charge is 2.24. The molecule has 0 aliphatic rings. The number of ketones is 1. The Labute approximate surface area is 90.3 Å². The number of hydrogen-bond donors (Lipinski definition) is 0. The van der Waals surface area contributed by atoms with Crippen molar-refractivity contribution in [2.24, 2.45) is 0 Å². The summed E-state index contributed by atoms with van der Waals surface area (Å²) in [6.07, 6.45) is 0.442. The molecule has 0 aromatic heterocycles. The van der Waals surface area contributed by atoms with Crippen LogP contribution in [0, 0.1) is 12.7 Å². The first-order valence-corrected chi connectivity index (χ1v) is 5.09. The van der Waals surface area contributed by atoms with Crippen LogP contribution in [-0.4, -0.2) is 5.78 Å². The Balaban J connectivity index is 3.13. The minimum Gasteiger partial charge on any atom is -0.300 e. The van der Waals surface area contributed by atoms with Gasteiger partial charge in [-0.2, -0.15) is 0 Å². The molecule has 2 heteroatoms. The van der Waals surface area contributed by atoms with Crippen molar-refractivity contribution in [3.63, 3.8) is 0 Å². The molecule has 0 unspecified atom stereocenters. The number of carbonyl (C=O) groups is 1. The molecule has 0 bridgehead atoms. The molecule has 0 atom stereocenters. The van der Waals surface area contributed by atoms with Gasteiger partial charge in [-0.25, -0.2) is 4.39 Å². The van der Waals surface area contributed by atoms with Gasteiger partial charge in [0.2, 0.25) is 0 Å². The molecule has 0 saturated carbocycles. The van der Waals surface area contributed by atoms with Gasteiger partial charge >= 0.3 is 0 Å². The fourth-order valence-corrected chi connectivity index (χ4v) is 2.04. The highest BCUT2D eigenvalue weighted by Crippen LogP contribution is 2.30.